The van der Waals surface area contributed by atoms with Gasteiger partial charge in [0.15, 0.2) is 0 Å². The summed E-state index contributed by atoms with van der Waals surface area (Å²) in [7, 11) is 0. The summed E-state index contributed by atoms with van der Waals surface area (Å²) in [5, 5.41) is 0. The fourth-order valence-electron chi connectivity index (χ4n) is 2.45. The minimum atomic E-state index is -0.831. The molecule has 0 bridgehead atoms. The molecule has 1 aromatic carbocycles. The van der Waals surface area contributed by atoms with Crippen LogP contribution in [0.3, 0.4) is 0 Å². The first-order chi connectivity index (χ1) is 9.20. The second-order valence-corrected chi connectivity index (χ2v) is 5.07. The van der Waals surface area contributed by atoms with E-state index in [0.29, 0.717) is 11.3 Å². The second kappa shape index (κ2) is 6.55. The van der Waals surface area contributed by atoms with Crippen LogP contribution in [0, 0.1) is 0 Å². The van der Waals surface area contributed by atoms with Crippen LogP contribution in [-0.2, 0) is 9.53 Å². The smallest absolute Gasteiger partial charge is 0.316 e. The van der Waals surface area contributed by atoms with E-state index in [-0.39, 0.29) is 6.10 Å². The molecule has 1 saturated carbocycles. The summed E-state index contributed by atoms with van der Waals surface area (Å²) in [6.45, 7) is -0.741. The Bertz CT molecular complexity index is 413. The largest absolute Gasteiger partial charge is 0.462 e. The molecule has 104 valence electrons. The molecule has 0 radical (unpaired) electrons. The molecule has 0 heterocycles. The molecule has 0 aromatic heterocycles. The number of benzene rings is 1. The summed E-state index contributed by atoms with van der Waals surface area (Å²) in [4.78, 5) is 12.0. The molecule has 1 unspecified atom stereocenters. The van der Waals surface area contributed by atoms with Crippen LogP contribution in [0.2, 0.25) is 0 Å². The van der Waals surface area contributed by atoms with Crippen molar-refractivity contribution in [2.75, 3.05) is 12.4 Å². The van der Waals surface area contributed by atoms with Gasteiger partial charge >= 0.3 is 5.97 Å². The molecule has 1 fully saturated rings. The zero-order chi connectivity index (χ0) is 13.7. The zero-order valence-electron chi connectivity index (χ0n) is 11.0. The van der Waals surface area contributed by atoms with Crippen molar-refractivity contribution in [1.82, 2.24) is 0 Å². The van der Waals surface area contributed by atoms with Crippen LogP contribution in [-0.4, -0.2) is 18.7 Å². The summed E-state index contributed by atoms with van der Waals surface area (Å²) >= 11 is 0. The molecule has 0 saturated heterocycles. The molecule has 0 amide bonds. The average molecular weight is 265 g/mol. The normalized spacial score (nSPS) is 17.9. The van der Waals surface area contributed by atoms with Crippen LogP contribution in [0.1, 0.15) is 43.6 Å². The van der Waals surface area contributed by atoms with E-state index in [9.17, 15) is 9.18 Å². The molecule has 4 heteroatoms. The van der Waals surface area contributed by atoms with Crippen molar-refractivity contribution in [3.63, 3.8) is 0 Å². The highest BCUT2D eigenvalue weighted by Gasteiger charge is 2.26. The van der Waals surface area contributed by atoms with Crippen molar-refractivity contribution in [2.24, 2.45) is 0 Å². The highest BCUT2D eigenvalue weighted by atomic mass is 19.1. The molecule has 19 heavy (non-hydrogen) atoms. The zero-order valence-corrected chi connectivity index (χ0v) is 11.0. The fourth-order valence-corrected chi connectivity index (χ4v) is 2.45. The molecule has 2 rings (SSSR count). The summed E-state index contributed by atoms with van der Waals surface area (Å²) in [5.74, 6) is -1.29. The molecule has 1 aliphatic carbocycles. The van der Waals surface area contributed by atoms with E-state index in [1.165, 1.54) is 6.42 Å². The first-order valence-corrected chi connectivity index (χ1v) is 6.82. The Labute approximate surface area is 112 Å². The number of nitrogen functional groups attached to an aromatic ring is 1. The summed E-state index contributed by atoms with van der Waals surface area (Å²) in [6, 6.07) is 6.71. The highest BCUT2D eigenvalue weighted by Crippen LogP contribution is 2.25. The first-order valence-electron chi connectivity index (χ1n) is 6.82. The van der Waals surface area contributed by atoms with Crippen molar-refractivity contribution in [3.8, 4) is 0 Å². The Kier molecular flexibility index (Phi) is 4.77. The van der Waals surface area contributed by atoms with Crippen molar-refractivity contribution in [3.05, 3.63) is 29.8 Å². The Hall–Kier alpha value is -1.58. The highest BCUT2D eigenvalue weighted by molar-refractivity contribution is 5.78. The van der Waals surface area contributed by atoms with E-state index in [2.05, 4.69) is 0 Å². The van der Waals surface area contributed by atoms with Gasteiger partial charge in [-0.25, -0.2) is 4.39 Å². The molecular formula is C15H20FNO2. The number of hydrogen-bond donors (Lipinski definition) is 1. The number of hydrogen-bond acceptors (Lipinski definition) is 3. The van der Waals surface area contributed by atoms with Gasteiger partial charge in [0.1, 0.15) is 18.7 Å². The Balaban J connectivity index is 2.00. The lowest BCUT2D eigenvalue weighted by atomic mass is 9.97. The Morgan fingerprint density at radius 3 is 2.47 bits per heavy atom. The fraction of sp³-hybridized carbons (Fsp3) is 0.533. The number of alkyl halides is 1. The van der Waals surface area contributed by atoms with Gasteiger partial charge in [-0.15, -0.1) is 0 Å². The molecular weight excluding hydrogens is 245 g/mol. The van der Waals surface area contributed by atoms with E-state index in [0.717, 1.165) is 25.7 Å². The van der Waals surface area contributed by atoms with Gasteiger partial charge in [0.05, 0.1) is 0 Å². The standard InChI is InChI=1S/C15H20FNO2/c16-10-14(11-6-8-12(17)9-7-11)15(18)19-13-4-2-1-3-5-13/h6-9,13-14H,1-5,10,17H2. The van der Waals surface area contributed by atoms with Gasteiger partial charge in [0.25, 0.3) is 0 Å². The number of carbonyl (C=O) groups is 1. The van der Waals surface area contributed by atoms with Gasteiger partial charge < -0.3 is 10.5 Å². The van der Waals surface area contributed by atoms with Gasteiger partial charge in [0.2, 0.25) is 0 Å². The maximum atomic E-state index is 13.1. The van der Waals surface area contributed by atoms with Gasteiger partial charge in [-0.1, -0.05) is 18.6 Å². The maximum Gasteiger partial charge on any atom is 0.316 e. The van der Waals surface area contributed by atoms with Gasteiger partial charge in [-0.3, -0.25) is 4.79 Å². The van der Waals surface area contributed by atoms with E-state index in [1.807, 2.05) is 0 Å². The number of carbonyl (C=O) groups excluding carboxylic acids is 1. The third-order valence-electron chi connectivity index (χ3n) is 3.61. The van der Waals surface area contributed by atoms with E-state index < -0.39 is 18.6 Å². The quantitative estimate of drug-likeness (QED) is 0.672. The second-order valence-electron chi connectivity index (χ2n) is 5.07. The predicted molar refractivity (Wildman–Crippen MR) is 72.5 cm³/mol. The Morgan fingerprint density at radius 2 is 1.89 bits per heavy atom. The van der Waals surface area contributed by atoms with E-state index >= 15 is 0 Å². The molecule has 0 aliphatic heterocycles. The number of halogens is 1. The minimum Gasteiger partial charge on any atom is -0.462 e. The van der Waals surface area contributed by atoms with Crippen molar-refractivity contribution in [1.29, 1.82) is 0 Å². The summed E-state index contributed by atoms with van der Waals surface area (Å²) in [6.07, 6.45) is 5.11. The number of ether oxygens (including phenoxy) is 1. The van der Waals surface area contributed by atoms with Crippen LogP contribution < -0.4 is 5.73 Å². The lowest BCUT2D eigenvalue weighted by Crippen LogP contribution is -2.26. The topological polar surface area (TPSA) is 52.3 Å². The van der Waals surface area contributed by atoms with E-state index in [1.54, 1.807) is 24.3 Å². The van der Waals surface area contributed by atoms with Crippen molar-refractivity contribution >= 4 is 11.7 Å². The van der Waals surface area contributed by atoms with E-state index in [4.69, 9.17) is 10.5 Å². The Morgan fingerprint density at radius 1 is 1.26 bits per heavy atom. The third-order valence-corrected chi connectivity index (χ3v) is 3.61. The molecule has 1 aliphatic rings. The molecule has 2 N–H and O–H groups in total. The molecule has 1 aromatic rings. The average Bonchev–Trinajstić information content (AvgIpc) is 2.43. The monoisotopic (exact) mass is 265 g/mol. The lowest BCUT2D eigenvalue weighted by Gasteiger charge is -2.24. The van der Waals surface area contributed by atoms with Crippen LogP contribution in [0.15, 0.2) is 24.3 Å². The van der Waals surface area contributed by atoms with Crippen LogP contribution in [0.5, 0.6) is 0 Å². The maximum absolute atomic E-state index is 13.1. The van der Waals surface area contributed by atoms with Gasteiger partial charge in [0, 0.05) is 5.69 Å². The summed E-state index contributed by atoms with van der Waals surface area (Å²) in [5.41, 5.74) is 6.81. The van der Waals surface area contributed by atoms with Crippen LogP contribution in [0.4, 0.5) is 10.1 Å². The summed E-state index contributed by atoms with van der Waals surface area (Å²) < 4.78 is 18.5. The van der Waals surface area contributed by atoms with Gasteiger partial charge in [-0.05, 0) is 43.4 Å². The number of rotatable bonds is 4. The third kappa shape index (κ3) is 3.69. The first kappa shape index (κ1) is 13.8. The van der Waals surface area contributed by atoms with Crippen molar-refractivity contribution in [2.45, 2.75) is 44.1 Å². The molecule has 0 spiro atoms. The number of esters is 1. The van der Waals surface area contributed by atoms with Gasteiger partial charge in [-0.2, -0.15) is 0 Å². The van der Waals surface area contributed by atoms with Crippen molar-refractivity contribution < 1.29 is 13.9 Å². The number of nitrogens with two attached hydrogens (primary N) is 1. The number of anilines is 1. The van der Waals surface area contributed by atoms with Crippen LogP contribution >= 0.6 is 0 Å². The molecule has 3 nitrogen and oxygen atoms in total. The SMILES string of the molecule is Nc1ccc(C(CF)C(=O)OC2CCCCC2)cc1. The molecule has 1 atom stereocenters. The minimum absolute atomic E-state index is 0.0379. The lowest BCUT2D eigenvalue weighted by molar-refractivity contribution is -0.152. The predicted octanol–water partition coefficient (Wildman–Crippen LogP) is 3.20. The van der Waals surface area contributed by atoms with Crippen LogP contribution in [0.25, 0.3) is 0 Å².